The molecule has 114 valence electrons. The summed E-state index contributed by atoms with van der Waals surface area (Å²) in [5, 5.41) is 8.81. The van der Waals surface area contributed by atoms with Crippen LogP contribution in [0, 0.1) is 0 Å². The van der Waals surface area contributed by atoms with Crippen LogP contribution >= 0.6 is 0 Å². The van der Waals surface area contributed by atoms with Crippen LogP contribution in [0.4, 0.5) is 0 Å². The molecule has 21 heavy (non-hydrogen) atoms. The van der Waals surface area contributed by atoms with Crippen LogP contribution in [0.1, 0.15) is 23.3 Å². The highest BCUT2D eigenvalue weighted by Gasteiger charge is 2.23. The Morgan fingerprint density at radius 3 is 2.57 bits per heavy atom. The molecule has 0 spiro atoms. The van der Waals surface area contributed by atoms with E-state index in [1.54, 1.807) is 24.1 Å². The number of carboxylic acid groups (broad SMARTS) is 1. The molecule has 2 rings (SSSR count). The van der Waals surface area contributed by atoms with Gasteiger partial charge in [-0.3, -0.25) is 14.4 Å². The molecule has 2 amide bonds. The Bertz CT molecular complexity index is 546. The molecule has 0 radical (unpaired) electrons. The molecule has 0 aromatic carbocycles. The van der Waals surface area contributed by atoms with Crippen LogP contribution < -0.4 is 0 Å². The summed E-state index contributed by atoms with van der Waals surface area (Å²) >= 11 is 0. The van der Waals surface area contributed by atoms with E-state index in [-0.39, 0.29) is 30.6 Å². The van der Waals surface area contributed by atoms with E-state index in [4.69, 9.17) is 5.11 Å². The standard InChI is InChI=1S/C14H19N3O4/c1-15(9-12(18)16-6-2-3-7-16)14(21)11-5-4-8-17(11)10-13(19)20/h4-5,8H,2-3,6-7,9-10H2,1H3,(H,19,20). The van der Waals surface area contributed by atoms with Crippen molar-refractivity contribution in [3.63, 3.8) is 0 Å². The first-order valence-corrected chi connectivity index (χ1v) is 6.89. The number of nitrogens with zero attached hydrogens (tertiary/aromatic N) is 3. The molecule has 1 fully saturated rings. The lowest BCUT2D eigenvalue weighted by molar-refractivity contribution is -0.137. The summed E-state index contributed by atoms with van der Waals surface area (Å²) in [6.07, 6.45) is 3.55. The number of aromatic nitrogens is 1. The Morgan fingerprint density at radius 1 is 1.29 bits per heavy atom. The van der Waals surface area contributed by atoms with Gasteiger partial charge in [0.15, 0.2) is 0 Å². The Hall–Kier alpha value is -2.31. The number of carbonyl (C=O) groups excluding carboxylic acids is 2. The summed E-state index contributed by atoms with van der Waals surface area (Å²) in [7, 11) is 1.55. The second-order valence-electron chi connectivity index (χ2n) is 5.16. The zero-order valence-electron chi connectivity index (χ0n) is 12.0. The fraction of sp³-hybridized carbons (Fsp3) is 0.500. The van der Waals surface area contributed by atoms with Gasteiger partial charge in [-0.1, -0.05) is 0 Å². The van der Waals surface area contributed by atoms with Gasteiger partial charge in [-0.25, -0.2) is 0 Å². The maximum absolute atomic E-state index is 12.3. The lowest BCUT2D eigenvalue weighted by atomic mass is 10.3. The molecule has 1 N–H and O–H groups in total. The molecule has 1 aliphatic rings. The fourth-order valence-corrected chi connectivity index (χ4v) is 2.43. The molecule has 0 unspecified atom stereocenters. The van der Waals surface area contributed by atoms with Crippen molar-refractivity contribution in [1.82, 2.24) is 14.4 Å². The van der Waals surface area contributed by atoms with Crippen molar-refractivity contribution in [3.05, 3.63) is 24.0 Å². The molecule has 1 saturated heterocycles. The number of carbonyl (C=O) groups is 3. The number of aliphatic carboxylic acids is 1. The molecule has 1 aromatic heterocycles. The van der Waals surface area contributed by atoms with E-state index in [9.17, 15) is 14.4 Å². The zero-order valence-corrected chi connectivity index (χ0v) is 12.0. The van der Waals surface area contributed by atoms with Gasteiger partial charge in [-0.15, -0.1) is 0 Å². The molecule has 1 aliphatic heterocycles. The van der Waals surface area contributed by atoms with Crippen LogP contribution in [0.3, 0.4) is 0 Å². The largest absolute Gasteiger partial charge is 0.480 e. The molecule has 7 nitrogen and oxygen atoms in total. The summed E-state index contributed by atoms with van der Waals surface area (Å²) in [5.41, 5.74) is 0.272. The Morgan fingerprint density at radius 2 is 1.95 bits per heavy atom. The van der Waals surface area contributed by atoms with Gasteiger partial charge in [-0.2, -0.15) is 0 Å². The fourth-order valence-electron chi connectivity index (χ4n) is 2.43. The van der Waals surface area contributed by atoms with E-state index in [1.165, 1.54) is 15.7 Å². The first kappa shape index (κ1) is 15.1. The summed E-state index contributed by atoms with van der Waals surface area (Å²) in [6, 6.07) is 3.18. The second-order valence-corrected chi connectivity index (χ2v) is 5.16. The number of rotatable bonds is 5. The van der Waals surface area contributed by atoms with E-state index in [2.05, 4.69) is 0 Å². The topological polar surface area (TPSA) is 82.9 Å². The van der Waals surface area contributed by atoms with Crippen LogP contribution in [0.15, 0.2) is 18.3 Å². The molecule has 0 atom stereocenters. The first-order valence-electron chi connectivity index (χ1n) is 6.89. The van der Waals surface area contributed by atoms with Crippen molar-refractivity contribution in [3.8, 4) is 0 Å². The van der Waals surface area contributed by atoms with Gasteiger partial charge in [-0.05, 0) is 25.0 Å². The number of amides is 2. The lowest BCUT2D eigenvalue weighted by Gasteiger charge is -2.21. The van der Waals surface area contributed by atoms with E-state index >= 15 is 0 Å². The molecular weight excluding hydrogens is 274 g/mol. The van der Waals surface area contributed by atoms with Crippen LogP contribution in [0.5, 0.6) is 0 Å². The van der Waals surface area contributed by atoms with Crippen molar-refractivity contribution in [2.24, 2.45) is 0 Å². The molecule has 0 saturated carbocycles. The van der Waals surface area contributed by atoms with Crippen LogP contribution in [0.25, 0.3) is 0 Å². The van der Waals surface area contributed by atoms with E-state index in [0.29, 0.717) is 0 Å². The predicted octanol–water partition coefficient (Wildman–Crippen LogP) is 0.267. The third-order valence-electron chi connectivity index (χ3n) is 3.53. The number of hydrogen-bond acceptors (Lipinski definition) is 3. The average molecular weight is 293 g/mol. The summed E-state index contributed by atoms with van der Waals surface area (Å²) in [6.45, 7) is 1.23. The highest BCUT2D eigenvalue weighted by molar-refractivity contribution is 5.95. The third kappa shape index (κ3) is 3.62. The van der Waals surface area contributed by atoms with Gasteiger partial charge in [0.05, 0.1) is 6.54 Å². The zero-order chi connectivity index (χ0) is 15.4. The number of carboxylic acids is 1. The summed E-state index contributed by atoms with van der Waals surface area (Å²) in [5.74, 6) is -1.44. The van der Waals surface area contributed by atoms with Crippen LogP contribution in [-0.2, 0) is 16.1 Å². The normalized spacial score (nSPS) is 14.2. The monoisotopic (exact) mass is 293 g/mol. The number of likely N-dealkylation sites (N-methyl/N-ethyl adjacent to an activating group) is 1. The smallest absolute Gasteiger partial charge is 0.323 e. The molecule has 0 aliphatic carbocycles. The lowest BCUT2D eigenvalue weighted by Crippen LogP contribution is -2.40. The SMILES string of the molecule is CN(CC(=O)N1CCCC1)C(=O)c1cccn1CC(=O)O. The van der Waals surface area contributed by atoms with Gasteiger partial charge in [0.2, 0.25) is 5.91 Å². The van der Waals surface area contributed by atoms with Gasteiger partial charge in [0.25, 0.3) is 5.91 Å². The quantitative estimate of drug-likeness (QED) is 0.844. The maximum Gasteiger partial charge on any atom is 0.323 e. The van der Waals surface area contributed by atoms with Crippen molar-refractivity contribution in [1.29, 1.82) is 0 Å². The Kier molecular flexibility index (Phi) is 4.62. The minimum atomic E-state index is -1.02. The van der Waals surface area contributed by atoms with Crippen LogP contribution in [0.2, 0.25) is 0 Å². The molecule has 0 bridgehead atoms. The van der Waals surface area contributed by atoms with E-state index in [0.717, 1.165) is 25.9 Å². The average Bonchev–Trinajstić information content (AvgIpc) is 3.07. The van der Waals surface area contributed by atoms with Gasteiger partial charge >= 0.3 is 5.97 Å². The van der Waals surface area contributed by atoms with Gasteiger partial charge in [0.1, 0.15) is 12.2 Å². The first-order chi connectivity index (χ1) is 9.99. The maximum atomic E-state index is 12.3. The Labute approximate surface area is 122 Å². The van der Waals surface area contributed by atoms with Crippen molar-refractivity contribution < 1.29 is 19.5 Å². The highest BCUT2D eigenvalue weighted by atomic mass is 16.4. The third-order valence-corrected chi connectivity index (χ3v) is 3.53. The predicted molar refractivity (Wildman–Crippen MR) is 74.8 cm³/mol. The van der Waals surface area contributed by atoms with Crippen LogP contribution in [-0.4, -0.2) is 63.9 Å². The van der Waals surface area contributed by atoms with E-state index < -0.39 is 5.97 Å². The minimum Gasteiger partial charge on any atom is -0.480 e. The molecule has 1 aromatic rings. The summed E-state index contributed by atoms with van der Waals surface area (Å²) in [4.78, 5) is 38.2. The molecular formula is C14H19N3O4. The van der Waals surface area contributed by atoms with Gasteiger partial charge < -0.3 is 19.5 Å². The van der Waals surface area contributed by atoms with Gasteiger partial charge in [0, 0.05) is 26.3 Å². The van der Waals surface area contributed by atoms with E-state index in [1.807, 2.05) is 0 Å². The molecule has 7 heteroatoms. The second kappa shape index (κ2) is 6.43. The molecule has 2 heterocycles. The minimum absolute atomic E-state index is 0.0110. The summed E-state index contributed by atoms with van der Waals surface area (Å²) < 4.78 is 1.36. The van der Waals surface area contributed by atoms with Crippen molar-refractivity contribution in [2.75, 3.05) is 26.7 Å². The Balaban J connectivity index is 2.00. The highest BCUT2D eigenvalue weighted by Crippen LogP contribution is 2.10. The number of likely N-dealkylation sites (tertiary alicyclic amines) is 1. The van der Waals surface area contributed by atoms with Crippen molar-refractivity contribution >= 4 is 17.8 Å². The van der Waals surface area contributed by atoms with Crippen molar-refractivity contribution in [2.45, 2.75) is 19.4 Å². The number of hydrogen-bond donors (Lipinski definition) is 1.